The third kappa shape index (κ3) is 1.33. The highest BCUT2D eigenvalue weighted by molar-refractivity contribution is 7.07. The Labute approximate surface area is 71.7 Å². The van der Waals surface area contributed by atoms with Crippen LogP contribution in [0.25, 0.3) is 0 Å². The molecule has 1 aromatic rings. The summed E-state index contributed by atoms with van der Waals surface area (Å²) in [6.45, 7) is 1.26. The Morgan fingerprint density at radius 1 is 1.64 bits per heavy atom. The van der Waals surface area contributed by atoms with Crippen molar-refractivity contribution in [2.45, 2.75) is 18.9 Å². The molecule has 2 heteroatoms. The molecule has 0 aliphatic carbocycles. The predicted molar refractivity (Wildman–Crippen MR) is 48.9 cm³/mol. The van der Waals surface area contributed by atoms with E-state index < -0.39 is 0 Å². The maximum atomic E-state index is 2.45. The summed E-state index contributed by atoms with van der Waals surface area (Å²) in [5, 5.41) is 4.44. The van der Waals surface area contributed by atoms with Crippen molar-refractivity contribution in [3.63, 3.8) is 0 Å². The van der Waals surface area contributed by atoms with Crippen molar-refractivity contribution in [1.82, 2.24) is 4.90 Å². The minimum absolute atomic E-state index is 0.709. The fourth-order valence-electron chi connectivity index (χ4n) is 1.80. The van der Waals surface area contributed by atoms with Crippen LogP contribution in [0.1, 0.15) is 24.4 Å². The largest absolute Gasteiger partial charge is 0.299 e. The molecular weight excluding hydrogens is 154 g/mol. The van der Waals surface area contributed by atoms with E-state index in [4.69, 9.17) is 0 Å². The lowest BCUT2D eigenvalue weighted by Gasteiger charge is -2.17. The summed E-state index contributed by atoms with van der Waals surface area (Å²) in [4.78, 5) is 2.45. The molecule has 0 N–H and O–H groups in total. The molecule has 0 spiro atoms. The molecule has 1 atom stereocenters. The number of hydrogen-bond donors (Lipinski definition) is 0. The first kappa shape index (κ1) is 7.32. The van der Waals surface area contributed by atoms with Crippen molar-refractivity contribution in [1.29, 1.82) is 0 Å². The van der Waals surface area contributed by atoms with Crippen molar-refractivity contribution < 1.29 is 0 Å². The summed E-state index contributed by atoms with van der Waals surface area (Å²) in [5.41, 5.74) is 1.51. The number of nitrogens with zero attached hydrogens (tertiary/aromatic N) is 1. The summed E-state index contributed by atoms with van der Waals surface area (Å²) < 4.78 is 0. The first-order valence-electron chi connectivity index (χ1n) is 4.10. The van der Waals surface area contributed by atoms with E-state index >= 15 is 0 Å². The molecule has 1 aromatic heterocycles. The van der Waals surface area contributed by atoms with Crippen LogP contribution in [0, 0.1) is 0 Å². The average Bonchev–Trinajstić information content (AvgIpc) is 2.55. The minimum Gasteiger partial charge on any atom is -0.299 e. The van der Waals surface area contributed by atoms with E-state index in [-0.39, 0.29) is 0 Å². The molecule has 0 aromatic carbocycles. The highest BCUT2D eigenvalue weighted by Crippen LogP contribution is 2.31. The molecule has 0 radical (unpaired) electrons. The molecule has 0 bridgehead atoms. The Kier molecular flexibility index (Phi) is 1.96. The molecule has 1 unspecified atom stereocenters. The van der Waals surface area contributed by atoms with Gasteiger partial charge < -0.3 is 0 Å². The predicted octanol–water partition coefficient (Wildman–Crippen LogP) is 2.51. The van der Waals surface area contributed by atoms with E-state index in [1.165, 1.54) is 24.9 Å². The monoisotopic (exact) mass is 167 g/mol. The van der Waals surface area contributed by atoms with Crippen LogP contribution in [0.2, 0.25) is 0 Å². The molecule has 0 amide bonds. The van der Waals surface area contributed by atoms with Gasteiger partial charge in [-0.2, -0.15) is 11.3 Å². The maximum absolute atomic E-state index is 2.45. The lowest BCUT2D eigenvalue weighted by Crippen LogP contribution is -2.16. The molecule has 60 valence electrons. The van der Waals surface area contributed by atoms with E-state index in [0.29, 0.717) is 6.04 Å². The standard InChI is InChI=1S/C9H13NS/c1-10-5-2-3-9(10)8-4-6-11-7-8/h4,6-7,9H,2-3,5H2,1H3. The van der Waals surface area contributed by atoms with Gasteiger partial charge in [0.15, 0.2) is 0 Å². The van der Waals surface area contributed by atoms with Gasteiger partial charge in [-0.25, -0.2) is 0 Å². The summed E-state index contributed by atoms with van der Waals surface area (Å²) in [7, 11) is 2.22. The van der Waals surface area contributed by atoms with E-state index in [0.717, 1.165) is 0 Å². The van der Waals surface area contributed by atoms with Crippen molar-refractivity contribution in [2.75, 3.05) is 13.6 Å². The van der Waals surface area contributed by atoms with Gasteiger partial charge in [0, 0.05) is 6.04 Å². The lowest BCUT2D eigenvalue weighted by molar-refractivity contribution is 0.318. The fourth-order valence-corrected chi connectivity index (χ4v) is 2.50. The van der Waals surface area contributed by atoms with E-state index in [9.17, 15) is 0 Å². The summed E-state index contributed by atoms with van der Waals surface area (Å²) in [6, 6.07) is 2.96. The number of rotatable bonds is 1. The Morgan fingerprint density at radius 2 is 2.55 bits per heavy atom. The van der Waals surface area contributed by atoms with Crippen molar-refractivity contribution in [3.05, 3.63) is 22.4 Å². The van der Waals surface area contributed by atoms with Crippen LogP contribution in [-0.4, -0.2) is 18.5 Å². The molecule has 1 aliphatic heterocycles. The van der Waals surface area contributed by atoms with Crippen LogP contribution in [0.5, 0.6) is 0 Å². The maximum Gasteiger partial charge on any atom is 0.0353 e. The van der Waals surface area contributed by atoms with Gasteiger partial charge in [-0.05, 0) is 48.8 Å². The second kappa shape index (κ2) is 2.95. The van der Waals surface area contributed by atoms with E-state index in [1.54, 1.807) is 11.3 Å². The quantitative estimate of drug-likeness (QED) is 0.621. The number of thiophene rings is 1. The molecular formula is C9H13NS. The Morgan fingerprint density at radius 3 is 3.09 bits per heavy atom. The molecule has 2 heterocycles. The van der Waals surface area contributed by atoms with Crippen LogP contribution in [0.3, 0.4) is 0 Å². The summed E-state index contributed by atoms with van der Waals surface area (Å²) in [5.74, 6) is 0. The second-order valence-electron chi connectivity index (χ2n) is 3.20. The topological polar surface area (TPSA) is 3.24 Å². The summed E-state index contributed by atoms with van der Waals surface area (Å²) in [6.07, 6.45) is 2.70. The lowest BCUT2D eigenvalue weighted by atomic mass is 10.1. The first-order chi connectivity index (χ1) is 5.38. The molecule has 2 rings (SSSR count). The van der Waals surface area contributed by atoms with Crippen molar-refractivity contribution >= 4 is 11.3 Å². The van der Waals surface area contributed by atoms with Crippen LogP contribution in [-0.2, 0) is 0 Å². The normalized spacial score (nSPS) is 26.1. The Bertz CT molecular complexity index is 217. The minimum atomic E-state index is 0.709. The van der Waals surface area contributed by atoms with E-state index in [1.807, 2.05) is 0 Å². The van der Waals surface area contributed by atoms with Gasteiger partial charge in [0.1, 0.15) is 0 Å². The Balaban J connectivity index is 2.16. The third-order valence-electron chi connectivity index (χ3n) is 2.45. The Hall–Kier alpha value is -0.340. The number of likely N-dealkylation sites (tertiary alicyclic amines) is 1. The number of hydrogen-bond acceptors (Lipinski definition) is 2. The van der Waals surface area contributed by atoms with Crippen LogP contribution >= 0.6 is 11.3 Å². The average molecular weight is 167 g/mol. The highest BCUT2D eigenvalue weighted by atomic mass is 32.1. The molecule has 1 nitrogen and oxygen atoms in total. The third-order valence-corrected chi connectivity index (χ3v) is 3.15. The van der Waals surface area contributed by atoms with Gasteiger partial charge in [0.05, 0.1) is 0 Å². The second-order valence-corrected chi connectivity index (χ2v) is 3.98. The van der Waals surface area contributed by atoms with Crippen LogP contribution < -0.4 is 0 Å². The molecule has 11 heavy (non-hydrogen) atoms. The molecule has 1 aliphatic rings. The van der Waals surface area contributed by atoms with Gasteiger partial charge >= 0.3 is 0 Å². The SMILES string of the molecule is CN1CCCC1c1ccsc1. The van der Waals surface area contributed by atoms with Crippen LogP contribution in [0.15, 0.2) is 16.8 Å². The fraction of sp³-hybridized carbons (Fsp3) is 0.556. The highest BCUT2D eigenvalue weighted by Gasteiger charge is 2.22. The zero-order chi connectivity index (χ0) is 7.68. The summed E-state index contributed by atoms with van der Waals surface area (Å²) >= 11 is 1.80. The first-order valence-corrected chi connectivity index (χ1v) is 5.04. The van der Waals surface area contributed by atoms with Crippen LogP contribution in [0.4, 0.5) is 0 Å². The van der Waals surface area contributed by atoms with E-state index in [2.05, 4.69) is 28.8 Å². The van der Waals surface area contributed by atoms with Gasteiger partial charge in [-0.15, -0.1) is 0 Å². The van der Waals surface area contributed by atoms with Gasteiger partial charge in [0.2, 0.25) is 0 Å². The van der Waals surface area contributed by atoms with Gasteiger partial charge in [0.25, 0.3) is 0 Å². The zero-order valence-electron chi connectivity index (χ0n) is 6.79. The van der Waals surface area contributed by atoms with Crippen molar-refractivity contribution in [3.8, 4) is 0 Å². The molecule has 1 saturated heterocycles. The van der Waals surface area contributed by atoms with Gasteiger partial charge in [-0.3, -0.25) is 4.90 Å². The zero-order valence-corrected chi connectivity index (χ0v) is 7.60. The van der Waals surface area contributed by atoms with Crippen molar-refractivity contribution in [2.24, 2.45) is 0 Å². The van der Waals surface area contributed by atoms with Gasteiger partial charge in [-0.1, -0.05) is 0 Å². The molecule has 1 fully saturated rings. The molecule has 0 saturated carbocycles. The smallest absolute Gasteiger partial charge is 0.0353 e.